The summed E-state index contributed by atoms with van der Waals surface area (Å²) in [7, 11) is 0. The van der Waals surface area contributed by atoms with E-state index in [0.29, 0.717) is 11.8 Å². The third-order valence-corrected chi connectivity index (χ3v) is 1.20. The standard InChI is InChI=1S/C8H10N2O3/c1-5(11)9-7-3-4-8(13-7)10-6(2)12/h3-4H,1-2H3,(H,9,11)(H,10,12). The van der Waals surface area contributed by atoms with E-state index in [4.69, 9.17) is 4.42 Å². The summed E-state index contributed by atoms with van der Waals surface area (Å²) in [5.41, 5.74) is 0. The molecule has 0 fully saturated rings. The van der Waals surface area contributed by atoms with Crippen molar-refractivity contribution in [3.05, 3.63) is 12.1 Å². The van der Waals surface area contributed by atoms with Crippen molar-refractivity contribution in [1.82, 2.24) is 0 Å². The summed E-state index contributed by atoms with van der Waals surface area (Å²) >= 11 is 0. The minimum absolute atomic E-state index is 0.219. The molecular formula is C8H10N2O3. The predicted octanol–water partition coefficient (Wildman–Crippen LogP) is 1.20. The van der Waals surface area contributed by atoms with Crippen molar-refractivity contribution in [3.8, 4) is 0 Å². The molecule has 5 heteroatoms. The van der Waals surface area contributed by atoms with Gasteiger partial charge in [0.25, 0.3) is 0 Å². The quantitative estimate of drug-likeness (QED) is 0.721. The van der Waals surface area contributed by atoms with E-state index >= 15 is 0 Å². The molecule has 70 valence electrons. The van der Waals surface area contributed by atoms with E-state index in [1.54, 1.807) is 12.1 Å². The van der Waals surface area contributed by atoms with Gasteiger partial charge in [-0.25, -0.2) is 0 Å². The van der Waals surface area contributed by atoms with Crippen LogP contribution in [-0.4, -0.2) is 11.8 Å². The highest BCUT2D eigenvalue weighted by Crippen LogP contribution is 2.17. The first-order valence-corrected chi connectivity index (χ1v) is 3.73. The minimum atomic E-state index is -0.219. The van der Waals surface area contributed by atoms with Crippen LogP contribution in [0.2, 0.25) is 0 Å². The molecule has 1 aromatic rings. The van der Waals surface area contributed by atoms with E-state index in [0.717, 1.165) is 0 Å². The highest BCUT2D eigenvalue weighted by atomic mass is 16.4. The number of hydrogen-bond acceptors (Lipinski definition) is 3. The number of anilines is 2. The van der Waals surface area contributed by atoms with Crippen LogP contribution in [0.1, 0.15) is 13.8 Å². The Hall–Kier alpha value is -1.78. The number of carbonyl (C=O) groups is 2. The number of nitrogens with one attached hydrogen (secondary N) is 2. The fourth-order valence-electron chi connectivity index (χ4n) is 0.819. The third kappa shape index (κ3) is 2.98. The number of hydrogen-bond donors (Lipinski definition) is 2. The van der Waals surface area contributed by atoms with Gasteiger partial charge in [-0.2, -0.15) is 0 Å². The van der Waals surface area contributed by atoms with Gasteiger partial charge in [0.2, 0.25) is 23.6 Å². The molecule has 0 spiro atoms. The van der Waals surface area contributed by atoms with Gasteiger partial charge >= 0.3 is 0 Å². The Bertz CT molecular complexity index is 299. The van der Waals surface area contributed by atoms with Crippen molar-refractivity contribution in [1.29, 1.82) is 0 Å². The zero-order valence-corrected chi connectivity index (χ0v) is 7.38. The van der Waals surface area contributed by atoms with Gasteiger partial charge in [-0.1, -0.05) is 0 Å². The van der Waals surface area contributed by atoms with E-state index in [9.17, 15) is 9.59 Å². The third-order valence-electron chi connectivity index (χ3n) is 1.20. The lowest BCUT2D eigenvalue weighted by Gasteiger charge is -1.96. The van der Waals surface area contributed by atoms with Crippen LogP contribution in [0, 0.1) is 0 Å². The fourth-order valence-corrected chi connectivity index (χ4v) is 0.819. The molecule has 0 aliphatic heterocycles. The molecule has 0 saturated carbocycles. The van der Waals surface area contributed by atoms with Gasteiger partial charge in [0.05, 0.1) is 0 Å². The van der Waals surface area contributed by atoms with Crippen molar-refractivity contribution in [3.63, 3.8) is 0 Å². The average molecular weight is 182 g/mol. The van der Waals surface area contributed by atoms with Crippen molar-refractivity contribution >= 4 is 23.6 Å². The zero-order chi connectivity index (χ0) is 9.84. The smallest absolute Gasteiger partial charge is 0.223 e. The molecule has 2 amide bonds. The topological polar surface area (TPSA) is 71.3 Å². The van der Waals surface area contributed by atoms with Gasteiger partial charge in [-0.3, -0.25) is 20.2 Å². The summed E-state index contributed by atoms with van der Waals surface area (Å²) in [5.74, 6) is 0.194. The van der Waals surface area contributed by atoms with Crippen LogP contribution in [0.25, 0.3) is 0 Å². The van der Waals surface area contributed by atoms with Crippen LogP contribution in [0.15, 0.2) is 16.5 Å². The van der Waals surface area contributed by atoms with Gasteiger partial charge in [0.15, 0.2) is 0 Å². The Balaban J connectivity index is 2.63. The molecule has 0 atom stereocenters. The Morgan fingerprint density at radius 3 is 1.77 bits per heavy atom. The summed E-state index contributed by atoms with van der Waals surface area (Å²) in [4.78, 5) is 21.2. The molecule has 5 nitrogen and oxygen atoms in total. The fraction of sp³-hybridized carbons (Fsp3) is 0.250. The second kappa shape index (κ2) is 3.75. The monoisotopic (exact) mass is 182 g/mol. The number of amides is 2. The molecule has 13 heavy (non-hydrogen) atoms. The molecule has 0 unspecified atom stereocenters. The maximum Gasteiger partial charge on any atom is 0.223 e. The summed E-state index contributed by atoms with van der Waals surface area (Å²) in [5, 5.41) is 4.88. The maximum absolute atomic E-state index is 10.6. The van der Waals surface area contributed by atoms with Crippen molar-refractivity contribution in [2.24, 2.45) is 0 Å². The first kappa shape index (κ1) is 9.31. The first-order valence-electron chi connectivity index (χ1n) is 3.73. The molecule has 0 aliphatic carbocycles. The van der Waals surface area contributed by atoms with Crippen molar-refractivity contribution < 1.29 is 14.0 Å². The van der Waals surface area contributed by atoms with Gasteiger partial charge in [0.1, 0.15) is 0 Å². The number of furan rings is 1. The Morgan fingerprint density at radius 2 is 1.46 bits per heavy atom. The van der Waals surface area contributed by atoms with E-state index in [1.807, 2.05) is 0 Å². The summed E-state index contributed by atoms with van der Waals surface area (Å²) in [6, 6.07) is 3.12. The van der Waals surface area contributed by atoms with Gasteiger partial charge in [-0.05, 0) is 0 Å². The molecule has 1 aromatic heterocycles. The second-order valence-corrected chi connectivity index (χ2v) is 2.53. The molecule has 0 aromatic carbocycles. The van der Waals surface area contributed by atoms with Gasteiger partial charge < -0.3 is 4.42 Å². The molecule has 1 rings (SSSR count). The Labute approximate surface area is 75.1 Å². The number of carbonyl (C=O) groups excluding carboxylic acids is 2. The van der Waals surface area contributed by atoms with Crippen molar-refractivity contribution in [2.45, 2.75) is 13.8 Å². The van der Waals surface area contributed by atoms with E-state index in [1.165, 1.54) is 13.8 Å². The molecular weight excluding hydrogens is 172 g/mol. The maximum atomic E-state index is 10.6. The van der Waals surface area contributed by atoms with Gasteiger partial charge in [-0.15, -0.1) is 0 Å². The molecule has 0 aliphatic rings. The van der Waals surface area contributed by atoms with E-state index in [-0.39, 0.29) is 11.8 Å². The van der Waals surface area contributed by atoms with Crippen LogP contribution < -0.4 is 10.6 Å². The minimum Gasteiger partial charge on any atom is -0.425 e. The van der Waals surface area contributed by atoms with E-state index in [2.05, 4.69) is 10.6 Å². The van der Waals surface area contributed by atoms with Crippen LogP contribution in [0.4, 0.5) is 11.8 Å². The lowest BCUT2D eigenvalue weighted by molar-refractivity contribution is -0.115. The SMILES string of the molecule is CC(=O)Nc1ccc(NC(C)=O)o1. The highest BCUT2D eigenvalue weighted by Gasteiger charge is 2.03. The summed E-state index contributed by atoms with van der Waals surface area (Å²) in [6.07, 6.45) is 0. The summed E-state index contributed by atoms with van der Waals surface area (Å²) < 4.78 is 5.04. The van der Waals surface area contributed by atoms with Crippen LogP contribution in [0.3, 0.4) is 0 Å². The lowest BCUT2D eigenvalue weighted by Crippen LogP contribution is -2.05. The normalized spacial score (nSPS) is 9.38. The first-order chi connectivity index (χ1) is 6.08. The largest absolute Gasteiger partial charge is 0.425 e. The zero-order valence-electron chi connectivity index (χ0n) is 7.38. The Morgan fingerprint density at radius 1 is 1.08 bits per heavy atom. The molecule has 0 bridgehead atoms. The second-order valence-electron chi connectivity index (χ2n) is 2.53. The highest BCUT2D eigenvalue weighted by molar-refractivity contribution is 5.89. The lowest BCUT2D eigenvalue weighted by atomic mass is 10.5. The van der Waals surface area contributed by atoms with Gasteiger partial charge in [0, 0.05) is 26.0 Å². The molecule has 1 heterocycles. The average Bonchev–Trinajstić information content (AvgIpc) is 2.33. The van der Waals surface area contributed by atoms with Crippen LogP contribution in [-0.2, 0) is 9.59 Å². The summed E-state index contributed by atoms with van der Waals surface area (Å²) in [6.45, 7) is 2.75. The van der Waals surface area contributed by atoms with E-state index < -0.39 is 0 Å². The van der Waals surface area contributed by atoms with Crippen molar-refractivity contribution in [2.75, 3.05) is 10.6 Å². The predicted molar refractivity (Wildman–Crippen MR) is 47.3 cm³/mol. The van der Waals surface area contributed by atoms with Crippen LogP contribution in [0.5, 0.6) is 0 Å². The molecule has 2 N–H and O–H groups in total. The van der Waals surface area contributed by atoms with Crippen LogP contribution >= 0.6 is 0 Å². The Kier molecular flexibility index (Phi) is 2.69. The molecule has 0 radical (unpaired) electrons. The molecule has 0 saturated heterocycles. The number of rotatable bonds is 2.